The summed E-state index contributed by atoms with van der Waals surface area (Å²) in [5.74, 6) is -0.0326. The maximum absolute atomic E-state index is 11.9. The second kappa shape index (κ2) is 6.70. The van der Waals surface area contributed by atoms with Crippen LogP contribution in [-0.2, 0) is 7.05 Å². The molecule has 2 rings (SSSR count). The molecule has 1 N–H and O–H groups in total. The normalized spacial score (nSPS) is 18.8. The summed E-state index contributed by atoms with van der Waals surface area (Å²) in [6.45, 7) is 5.20. The van der Waals surface area contributed by atoms with Crippen molar-refractivity contribution < 1.29 is 4.79 Å². The average molecular weight is 264 g/mol. The molecule has 1 amide bonds. The van der Waals surface area contributed by atoms with Gasteiger partial charge in [0.15, 0.2) is 0 Å². The molecule has 1 aromatic rings. The van der Waals surface area contributed by atoms with Gasteiger partial charge < -0.3 is 5.32 Å². The Morgan fingerprint density at radius 3 is 2.63 bits per heavy atom. The Morgan fingerprint density at radius 2 is 2.05 bits per heavy atom. The van der Waals surface area contributed by atoms with Gasteiger partial charge in [-0.3, -0.25) is 14.4 Å². The standard InChI is InChI=1S/C14H24N4O/c1-12(18-7-5-3-4-6-8-18)9-15-14(19)13-10-16-17(2)11-13/h10-12H,3-9H2,1-2H3,(H,15,19)/t12-/m1/s1. The maximum atomic E-state index is 11.9. The van der Waals surface area contributed by atoms with Crippen LogP contribution < -0.4 is 5.32 Å². The number of amides is 1. The van der Waals surface area contributed by atoms with Crippen molar-refractivity contribution in [2.75, 3.05) is 19.6 Å². The van der Waals surface area contributed by atoms with E-state index in [1.165, 1.54) is 25.7 Å². The van der Waals surface area contributed by atoms with Gasteiger partial charge >= 0.3 is 0 Å². The summed E-state index contributed by atoms with van der Waals surface area (Å²) in [6.07, 6.45) is 8.58. The average Bonchev–Trinajstić information content (AvgIpc) is 2.68. The Hall–Kier alpha value is -1.36. The number of nitrogens with one attached hydrogen (secondary N) is 1. The van der Waals surface area contributed by atoms with E-state index in [1.807, 2.05) is 7.05 Å². The van der Waals surface area contributed by atoms with Crippen molar-refractivity contribution in [2.24, 2.45) is 7.05 Å². The third-order valence-corrected chi connectivity index (χ3v) is 3.79. The largest absolute Gasteiger partial charge is 0.350 e. The van der Waals surface area contributed by atoms with E-state index in [9.17, 15) is 4.79 Å². The quantitative estimate of drug-likeness (QED) is 0.894. The van der Waals surface area contributed by atoms with Crippen LogP contribution in [0.1, 0.15) is 43.0 Å². The van der Waals surface area contributed by atoms with Gasteiger partial charge in [0.1, 0.15) is 0 Å². The first kappa shape index (κ1) is 14.1. The molecule has 5 nitrogen and oxygen atoms in total. The highest BCUT2D eigenvalue weighted by molar-refractivity contribution is 5.93. The summed E-state index contributed by atoms with van der Waals surface area (Å²) in [5.41, 5.74) is 0.630. The third kappa shape index (κ3) is 4.06. The van der Waals surface area contributed by atoms with Gasteiger partial charge in [0, 0.05) is 25.8 Å². The van der Waals surface area contributed by atoms with Crippen LogP contribution in [0, 0.1) is 0 Å². The van der Waals surface area contributed by atoms with Crippen molar-refractivity contribution in [2.45, 2.75) is 38.6 Å². The van der Waals surface area contributed by atoms with Crippen molar-refractivity contribution in [1.29, 1.82) is 0 Å². The fourth-order valence-electron chi connectivity index (χ4n) is 2.55. The monoisotopic (exact) mass is 264 g/mol. The molecule has 0 spiro atoms. The van der Waals surface area contributed by atoms with Gasteiger partial charge in [0.25, 0.3) is 5.91 Å². The number of likely N-dealkylation sites (tertiary alicyclic amines) is 1. The minimum absolute atomic E-state index is 0.0326. The summed E-state index contributed by atoms with van der Waals surface area (Å²) in [4.78, 5) is 14.4. The highest BCUT2D eigenvalue weighted by Crippen LogP contribution is 2.12. The van der Waals surface area contributed by atoms with Gasteiger partial charge in [-0.05, 0) is 32.9 Å². The molecule has 1 atom stereocenters. The molecular weight excluding hydrogens is 240 g/mol. The first-order valence-electron chi connectivity index (χ1n) is 7.17. The van der Waals surface area contributed by atoms with Crippen LogP contribution in [0.15, 0.2) is 12.4 Å². The van der Waals surface area contributed by atoms with E-state index in [1.54, 1.807) is 17.1 Å². The third-order valence-electron chi connectivity index (χ3n) is 3.79. The molecule has 0 unspecified atom stereocenters. The molecule has 5 heteroatoms. The highest BCUT2D eigenvalue weighted by Gasteiger charge is 2.16. The van der Waals surface area contributed by atoms with Gasteiger partial charge in [0.2, 0.25) is 0 Å². The number of carbonyl (C=O) groups excluding carboxylic acids is 1. The molecular formula is C14H24N4O. The zero-order chi connectivity index (χ0) is 13.7. The molecule has 106 valence electrons. The summed E-state index contributed by atoms with van der Waals surface area (Å²) in [7, 11) is 1.82. The molecule has 1 aliphatic heterocycles. The van der Waals surface area contributed by atoms with Crippen LogP contribution >= 0.6 is 0 Å². The van der Waals surface area contributed by atoms with Crippen LogP contribution in [0.3, 0.4) is 0 Å². The molecule has 2 heterocycles. The lowest BCUT2D eigenvalue weighted by molar-refractivity contribution is 0.0936. The van der Waals surface area contributed by atoms with E-state index in [0.717, 1.165) is 13.1 Å². The smallest absolute Gasteiger partial charge is 0.254 e. The highest BCUT2D eigenvalue weighted by atomic mass is 16.1. The molecule has 0 saturated carbocycles. The Balaban J connectivity index is 1.79. The van der Waals surface area contributed by atoms with Crippen molar-refractivity contribution >= 4 is 5.91 Å². The number of hydrogen-bond acceptors (Lipinski definition) is 3. The molecule has 1 fully saturated rings. The number of aryl methyl sites for hydroxylation is 1. The fraction of sp³-hybridized carbons (Fsp3) is 0.714. The number of rotatable bonds is 4. The van der Waals surface area contributed by atoms with E-state index >= 15 is 0 Å². The fourth-order valence-corrected chi connectivity index (χ4v) is 2.55. The molecule has 0 radical (unpaired) electrons. The van der Waals surface area contributed by atoms with Crippen LogP contribution in [0.25, 0.3) is 0 Å². The van der Waals surface area contributed by atoms with E-state index in [4.69, 9.17) is 0 Å². The summed E-state index contributed by atoms with van der Waals surface area (Å²) in [5, 5.41) is 7.01. The predicted octanol–water partition coefficient (Wildman–Crippen LogP) is 1.41. The number of carbonyl (C=O) groups is 1. The lowest BCUT2D eigenvalue weighted by atomic mass is 10.2. The second-order valence-electron chi connectivity index (χ2n) is 5.41. The van der Waals surface area contributed by atoms with E-state index in [2.05, 4.69) is 22.2 Å². The number of hydrogen-bond donors (Lipinski definition) is 1. The van der Waals surface area contributed by atoms with Crippen molar-refractivity contribution in [3.05, 3.63) is 18.0 Å². The summed E-state index contributed by atoms with van der Waals surface area (Å²) >= 11 is 0. The van der Waals surface area contributed by atoms with Crippen molar-refractivity contribution in [1.82, 2.24) is 20.0 Å². The lowest BCUT2D eigenvalue weighted by Gasteiger charge is -2.27. The summed E-state index contributed by atoms with van der Waals surface area (Å²) < 4.78 is 1.65. The SMILES string of the molecule is C[C@H](CNC(=O)c1cnn(C)c1)N1CCCCCC1. The van der Waals surface area contributed by atoms with Gasteiger partial charge in [-0.2, -0.15) is 5.10 Å². The molecule has 19 heavy (non-hydrogen) atoms. The van der Waals surface area contributed by atoms with Crippen LogP contribution in [-0.4, -0.2) is 46.3 Å². The van der Waals surface area contributed by atoms with Crippen molar-refractivity contribution in [3.8, 4) is 0 Å². The Morgan fingerprint density at radius 1 is 1.37 bits per heavy atom. The van der Waals surface area contributed by atoms with Crippen molar-refractivity contribution in [3.63, 3.8) is 0 Å². The van der Waals surface area contributed by atoms with E-state index in [-0.39, 0.29) is 5.91 Å². The zero-order valence-corrected chi connectivity index (χ0v) is 11.9. The Labute approximate surface area is 115 Å². The van der Waals surface area contributed by atoms with Gasteiger partial charge in [-0.1, -0.05) is 12.8 Å². The van der Waals surface area contributed by atoms with Crippen LogP contribution in [0.2, 0.25) is 0 Å². The first-order valence-corrected chi connectivity index (χ1v) is 7.17. The molecule has 0 aromatic carbocycles. The molecule has 1 saturated heterocycles. The Kier molecular flexibility index (Phi) is 4.96. The van der Waals surface area contributed by atoms with Crippen LogP contribution in [0.5, 0.6) is 0 Å². The predicted molar refractivity (Wildman–Crippen MR) is 75.0 cm³/mol. The number of aromatic nitrogens is 2. The number of nitrogens with zero attached hydrogens (tertiary/aromatic N) is 3. The lowest BCUT2D eigenvalue weighted by Crippen LogP contribution is -2.42. The minimum atomic E-state index is -0.0326. The van der Waals surface area contributed by atoms with Gasteiger partial charge in [0.05, 0.1) is 11.8 Å². The van der Waals surface area contributed by atoms with Gasteiger partial charge in [-0.25, -0.2) is 0 Å². The summed E-state index contributed by atoms with van der Waals surface area (Å²) in [6, 6.07) is 0.402. The zero-order valence-electron chi connectivity index (χ0n) is 11.9. The van der Waals surface area contributed by atoms with Gasteiger partial charge in [-0.15, -0.1) is 0 Å². The van der Waals surface area contributed by atoms with E-state index in [0.29, 0.717) is 18.2 Å². The van der Waals surface area contributed by atoms with E-state index < -0.39 is 0 Å². The minimum Gasteiger partial charge on any atom is -0.350 e. The van der Waals surface area contributed by atoms with Crippen LogP contribution in [0.4, 0.5) is 0 Å². The first-order chi connectivity index (χ1) is 9.16. The molecule has 1 aromatic heterocycles. The molecule has 1 aliphatic rings. The second-order valence-corrected chi connectivity index (χ2v) is 5.41. The molecule has 0 aliphatic carbocycles. The topological polar surface area (TPSA) is 50.2 Å². The maximum Gasteiger partial charge on any atom is 0.254 e. The Bertz CT molecular complexity index is 407. The molecule has 0 bridgehead atoms.